The Morgan fingerprint density at radius 3 is 2.58 bits per heavy atom. The minimum absolute atomic E-state index is 0.0873. The van der Waals surface area contributed by atoms with E-state index in [1.165, 1.54) is 0 Å². The van der Waals surface area contributed by atoms with E-state index in [2.05, 4.69) is 15.1 Å². The number of hydrogen-bond donors (Lipinski definition) is 1. The van der Waals surface area contributed by atoms with Crippen LogP contribution in [0.1, 0.15) is 5.56 Å². The lowest BCUT2D eigenvalue weighted by Crippen LogP contribution is -2.35. The predicted molar refractivity (Wildman–Crippen MR) is 125 cm³/mol. The van der Waals surface area contributed by atoms with Crippen molar-refractivity contribution in [3.8, 4) is 28.6 Å². The summed E-state index contributed by atoms with van der Waals surface area (Å²) in [5.74, 6) is 1.27. The van der Waals surface area contributed by atoms with Gasteiger partial charge in [-0.1, -0.05) is 35.0 Å². The Kier molecular flexibility index (Phi) is 5.27. The molecule has 0 bridgehead atoms. The number of fused-ring (bicyclic) bond motifs is 1. The molecule has 0 atom stereocenters. The van der Waals surface area contributed by atoms with E-state index < -0.39 is 11.2 Å². The van der Waals surface area contributed by atoms with Crippen LogP contribution < -0.4 is 16.0 Å². The minimum atomic E-state index is -0.525. The molecule has 3 aromatic carbocycles. The predicted octanol–water partition coefficient (Wildman–Crippen LogP) is 4.12. The second-order valence-electron chi connectivity index (χ2n) is 7.32. The first-order chi connectivity index (χ1) is 16.0. The summed E-state index contributed by atoms with van der Waals surface area (Å²) in [4.78, 5) is 33.0. The smallest absolute Gasteiger partial charge is 0.329 e. The van der Waals surface area contributed by atoms with Crippen molar-refractivity contribution in [3.63, 3.8) is 0 Å². The maximum absolute atomic E-state index is 13.1. The molecule has 2 heterocycles. The van der Waals surface area contributed by atoms with Crippen molar-refractivity contribution in [2.45, 2.75) is 6.54 Å². The molecule has 0 aliphatic carbocycles. The molecule has 9 heteroatoms. The molecular formula is C24H17ClN4O4. The number of aromatic amines is 1. The average molecular weight is 461 g/mol. The van der Waals surface area contributed by atoms with E-state index in [0.717, 1.165) is 15.7 Å². The zero-order chi connectivity index (χ0) is 22.9. The number of nitrogens with one attached hydrogen (secondary N) is 1. The van der Waals surface area contributed by atoms with Crippen molar-refractivity contribution < 1.29 is 9.26 Å². The number of ether oxygens (including phenoxy) is 1. The van der Waals surface area contributed by atoms with E-state index in [9.17, 15) is 9.59 Å². The zero-order valence-electron chi connectivity index (χ0n) is 17.4. The summed E-state index contributed by atoms with van der Waals surface area (Å²) in [6.07, 6.45) is 0. The van der Waals surface area contributed by atoms with Gasteiger partial charge in [-0.15, -0.1) is 0 Å². The third kappa shape index (κ3) is 3.92. The van der Waals surface area contributed by atoms with Gasteiger partial charge in [0.25, 0.3) is 11.4 Å². The van der Waals surface area contributed by atoms with E-state index in [-0.39, 0.29) is 12.4 Å². The van der Waals surface area contributed by atoms with Crippen LogP contribution in [0.2, 0.25) is 5.02 Å². The fraction of sp³-hybridized carbons (Fsp3) is 0.0833. The lowest BCUT2D eigenvalue weighted by atomic mass is 10.1. The number of H-pyrrole nitrogens is 1. The fourth-order valence-electron chi connectivity index (χ4n) is 3.59. The largest absolute Gasteiger partial charge is 0.496 e. The lowest BCUT2D eigenvalue weighted by Gasteiger charge is -2.10. The molecule has 0 radical (unpaired) electrons. The Hall–Kier alpha value is -4.17. The summed E-state index contributed by atoms with van der Waals surface area (Å²) in [6, 6.07) is 19.3. The van der Waals surface area contributed by atoms with Gasteiger partial charge in [0.1, 0.15) is 5.75 Å². The zero-order valence-corrected chi connectivity index (χ0v) is 18.2. The Balaban J connectivity index is 1.52. The molecule has 8 nitrogen and oxygen atoms in total. The molecule has 5 rings (SSSR count). The highest BCUT2D eigenvalue weighted by Crippen LogP contribution is 2.25. The van der Waals surface area contributed by atoms with Crippen molar-refractivity contribution in [2.24, 2.45) is 0 Å². The number of hydrogen-bond acceptors (Lipinski definition) is 6. The summed E-state index contributed by atoms with van der Waals surface area (Å²) in [5, 5.41) is 4.98. The number of halogens is 1. The second kappa shape index (κ2) is 8.40. The standard InChI is InChI=1S/C24H17ClN4O4/c1-32-20-5-3-2-4-16(20)13-29-23(30)18-11-8-15(12-19(18)26-24(29)31)22-27-21(28-33-22)14-6-9-17(25)10-7-14/h2-12H,13H2,1H3,(H,26,31). The van der Waals surface area contributed by atoms with Gasteiger partial charge in [-0.05, 0) is 48.5 Å². The first-order valence-corrected chi connectivity index (χ1v) is 10.4. The van der Waals surface area contributed by atoms with Gasteiger partial charge < -0.3 is 14.2 Å². The minimum Gasteiger partial charge on any atom is -0.496 e. The van der Waals surface area contributed by atoms with Gasteiger partial charge >= 0.3 is 5.69 Å². The fourth-order valence-corrected chi connectivity index (χ4v) is 3.72. The van der Waals surface area contributed by atoms with E-state index in [1.807, 2.05) is 18.2 Å². The highest BCUT2D eigenvalue weighted by molar-refractivity contribution is 6.30. The van der Waals surface area contributed by atoms with Crippen LogP contribution in [0.15, 0.2) is 80.8 Å². The highest BCUT2D eigenvalue weighted by atomic mass is 35.5. The summed E-state index contributed by atoms with van der Waals surface area (Å²) < 4.78 is 11.9. The van der Waals surface area contributed by atoms with Crippen molar-refractivity contribution in [2.75, 3.05) is 7.11 Å². The highest BCUT2D eigenvalue weighted by Gasteiger charge is 2.15. The molecular weight excluding hydrogens is 444 g/mol. The molecule has 1 N–H and O–H groups in total. The Morgan fingerprint density at radius 2 is 1.79 bits per heavy atom. The van der Waals surface area contributed by atoms with Crippen LogP contribution in [-0.2, 0) is 6.54 Å². The molecule has 0 spiro atoms. The van der Waals surface area contributed by atoms with Gasteiger partial charge in [0.15, 0.2) is 0 Å². The first-order valence-electron chi connectivity index (χ1n) is 10.0. The molecule has 0 aliphatic heterocycles. The molecule has 2 aromatic heterocycles. The van der Waals surface area contributed by atoms with Crippen molar-refractivity contribution in [1.29, 1.82) is 0 Å². The monoisotopic (exact) mass is 460 g/mol. The Morgan fingerprint density at radius 1 is 1.03 bits per heavy atom. The third-order valence-electron chi connectivity index (χ3n) is 5.28. The number of aromatic nitrogens is 4. The molecule has 0 unspecified atom stereocenters. The van der Waals surface area contributed by atoms with Crippen LogP contribution in [-0.4, -0.2) is 26.8 Å². The molecule has 0 aliphatic rings. The van der Waals surface area contributed by atoms with E-state index in [0.29, 0.717) is 33.1 Å². The average Bonchev–Trinajstić information content (AvgIpc) is 3.32. The SMILES string of the molecule is COc1ccccc1Cn1c(=O)[nH]c2cc(-c3nc(-c4ccc(Cl)cc4)no3)ccc2c1=O. The van der Waals surface area contributed by atoms with E-state index in [1.54, 1.807) is 55.6 Å². The quantitative estimate of drug-likeness (QED) is 0.423. The summed E-state index contributed by atoms with van der Waals surface area (Å²) in [7, 11) is 1.55. The van der Waals surface area contributed by atoms with Crippen LogP contribution >= 0.6 is 11.6 Å². The molecule has 0 saturated heterocycles. The van der Waals surface area contributed by atoms with Crippen LogP contribution in [0.4, 0.5) is 0 Å². The van der Waals surface area contributed by atoms with Crippen LogP contribution in [0.5, 0.6) is 5.75 Å². The van der Waals surface area contributed by atoms with Crippen molar-refractivity contribution >= 4 is 22.5 Å². The molecule has 5 aromatic rings. The third-order valence-corrected chi connectivity index (χ3v) is 5.53. The number of para-hydroxylation sites is 1. The Labute approximate surface area is 192 Å². The maximum Gasteiger partial charge on any atom is 0.329 e. The van der Waals surface area contributed by atoms with Gasteiger partial charge in [-0.25, -0.2) is 4.79 Å². The van der Waals surface area contributed by atoms with Gasteiger partial charge in [0.05, 0.1) is 24.6 Å². The Bertz CT molecular complexity index is 1590. The summed E-state index contributed by atoms with van der Waals surface area (Å²) in [6.45, 7) is 0.0873. The number of benzene rings is 3. The molecule has 164 valence electrons. The maximum atomic E-state index is 13.1. The topological polar surface area (TPSA) is 103 Å². The lowest BCUT2D eigenvalue weighted by molar-refractivity contribution is 0.408. The molecule has 0 fully saturated rings. The van der Waals surface area contributed by atoms with Crippen LogP contribution in [0, 0.1) is 0 Å². The second-order valence-corrected chi connectivity index (χ2v) is 7.76. The van der Waals surface area contributed by atoms with Gasteiger partial charge in [-0.3, -0.25) is 9.36 Å². The first kappa shape index (κ1) is 20.7. The van der Waals surface area contributed by atoms with Crippen LogP contribution in [0.3, 0.4) is 0 Å². The molecule has 33 heavy (non-hydrogen) atoms. The summed E-state index contributed by atoms with van der Waals surface area (Å²) >= 11 is 5.93. The number of methoxy groups -OCH3 is 1. The molecule has 0 saturated carbocycles. The van der Waals surface area contributed by atoms with Crippen molar-refractivity contribution in [1.82, 2.24) is 19.7 Å². The van der Waals surface area contributed by atoms with Gasteiger partial charge in [0, 0.05) is 21.7 Å². The number of rotatable bonds is 5. The van der Waals surface area contributed by atoms with Crippen molar-refractivity contribution in [3.05, 3.63) is 98.2 Å². The van der Waals surface area contributed by atoms with E-state index >= 15 is 0 Å². The normalized spacial score (nSPS) is 11.1. The van der Waals surface area contributed by atoms with Crippen LogP contribution in [0.25, 0.3) is 33.7 Å². The number of nitrogens with zero attached hydrogens (tertiary/aromatic N) is 3. The van der Waals surface area contributed by atoms with Gasteiger partial charge in [0.2, 0.25) is 5.82 Å². The summed E-state index contributed by atoms with van der Waals surface area (Å²) in [5.41, 5.74) is 1.51. The van der Waals surface area contributed by atoms with Gasteiger partial charge in [-0.2, -0.15) is 4.98 Å². The molecule has 0 amide bonds. The van der Waals surface area contributed by atoms with E-state index in [4.69, 9.17) is 20.9 Å².